The van der Waals surface area contributed by atoms with Crippen molar-refractivity contribution in [3.63, 3.8) is 0 Å². The zero-order chi connectivity index (χ0) is 15.4. The third kappa shape index (κ3) is 3.81. The van der Waals surface area contributed by atoms with E-state index in [1.807, 2.05) is 32.9 Å². The molecule has 0 aliphatic carbocycles. The van der Waals surface area contributed by atoms with Crippen LogP contribution in [0.25, 0.3) is 0 Å². The van der Waals surface area contributed by atoms with E-state index in [1.165, 1.54) is 11.9 Å². The monoisotopic (exact) mass is 288 g/mol. The molecule has 2 rings (SSSR count). The Hall–Kier alpha value is -2.37. The van der Waals surface area contributed by atoms with Crippen LogP contribution in [0.4, 0.5) is 0 Å². The number of H-pyrrole nitrogens is 1. The smallest absolute Gasteiger partial charge is 0.260 e. The number of ether oxygens (including phenoxy) is 1. The lowest BCUT2D eigenvalue weighted by molar-refractivity contribution is -0.132. The predicted molar refractivity (Wildman–Crippen MR) is 79.0 cm³/mol. The van der Waals surface area contributed by atoms with Gasteiger partial charge in [0.05, 0.1) is 6.54 Å². The molecular weight excluding hydrogens is 268 g/mol. The Morgan fingerprint density at radius 2 is 1.95 bits per heavy atom. The van der Waals surface area contributed by atoms with Crippen LogP contribution in [0, 0.1) is 20.8 Å². The minimum atomic E-state index is -0.106. The Balaban J connectivity index is 1.95. The summed E-state index contributed by atoms with van der Waals surface area (Å²) in [6, 6.07) is 4.09. The van der Waals surface area contributed by atoms with Gasteiger partial charge in [0, 0.05) is 7.05 Å². The number of amides is 1. The second kappa shape index (κ2) is 6.39. The molecule has 1 heterocycles. The van der Waals surface area contributed by atoms with Gasteiger partial charge in [-0.05, 0) is 31.9 Å². The molecule has 0 atom stereocenters. The normalized spacial score (nSPS) is 10.5. The van der Waals surface area contributed by atoms with Gasteiger partial charge in [0.25, 0.3) is 5.91 Å². The molecule has 6 heteroatoms. The average Bonchev–Trinajstić information content (AvgIpc) is 2.89. The van der Waals surface area contributed by atoms with Crippen LogP contribution in [0.3, 0.4) is 0 Å². The Morgan fingerprint density at radius 3 is 2.52 bits per heavy atom. The standard InChI is InChI=1S/C15H20N4O2/c1-10-5-11(2)15(12(3)6-10)21-8-14(20)19(4)7-13-16-9-17-18-13/h5-6,9H,7-8H2,1-4H3,(H,16,17,18). The average molecular weight is 288 g/mol. The lowest BCUT2D eigenvalue weighted by Crippen LogP contribution is -2.31. The first-order valence-electron chi connectivity index (χ1n) is 6.76. The highest BCUT2D eigenvalue weighted by Crippen LogP contribution is 2.24. The molecule has 0 aliphatic heterocycles. The maximum absolute atomic E-state index is 12.1. The van der Waals surface area contributed by atoms with Gasteiger partial charge in [-0.2, -0.15) is 5.10 Å². The van der Waals surface area contributed by atoms with Crippen LogP contribution in [0.15, 0.2) is 18.5 Å². The van der Waals surface area contributed by atoms with Crippen LogP contribution in [-0.4, -0.2) is 39.6 Å². The fourth-order valence-electron chi connectivity index (χ4n) is 2.26. The van der Waals surface area contributed by atoms with E-state index in [1.54, 1.807) is 11.9 Å². The van der Waals surface area contributed by atoms with E-state index in [9.17, 15) is 4.79 Å². The second-order valence-electron chi connectivity index (χ2n) is 5.20. The fraction of sp³-hybridized carbons (Fsp3) is 0.400. The lowest BCUT2D eigenvalue weighted by Gasteiger charge is -2.17. The second-order valence-corrected chi connectivity index (χ2v) is 5.20. The van der Waals surface area contributed by atoms with Gasteiger partial charge in [0.1, 0.15) is 17.9 Å². The molecular formula is C15H20N4O2. The first kappa shape index (κ1) is 15.0. The molecule has 2 aromatic rings. The number of likely N-dealkylation sites (N-methyl/N-ethyl adjacent to an activating group) is 1. The largest absolute Gasteiger partial charge is 0.483 e. The van der Waals surface area contributed by atoms with Crippen molar-refractivity contribution in [3.05, 3.63) is 41.0 Å². The van der Waals surface area contributed by atoms with Gasteiger partial charge in [0.15, 0.2) is 6.61 Å². The molecule has 0 saturated carbocycles. The van der Waals surface area contributed by atoms with Crippen LogP contribution >= 0.6 is 0 Å². The van der Waals surface area contributed by atoms with Crippen molar-refractivity contribution in [2.45, 2.75) is 27.3 Å². The molecule has 0 aliphatic rings. The van der Waals surface area contributed by atoms with Gasteiger partial charge in [-0.25, -0.2) is 4.98 Å². The zero-order valence-corrected chi connectivity index (χ0v) is 12.8. The number of nitrogens with one attached hydrogen (secondary N) is 1. The number of hydrogen-bond acceptors (Lipinski definition) is 4. The predicted octanol–water partition coefficient (Wildman–Crippen LogP) is 1.77. The number of nitrogens with zero attached hydrogens (tertiary/aromatic N) is 3. The molecule has 1 N–H and O–H groups in total. The van der Waals surface area contributed by atoms with Crippen LogP contribution in [-0.2, 0) is 11.3 Å². The Morgan fingerprint density at radius 1 is 1.29 bits per heavy atom. The van der Waals surface area contributed by atoms with Crippen molar-refractivity contribution < 1.29 is 9.53 Å². The number of hydrogen-bond donors (Lipinski definition) is 1. The van der Waals surface area contributed by atoms with Crippen molar-refractivity contribution in [3.8, 4) is 5.75 Å². The summed E-state index contributed by atoms with van der Waals surface area (Å²) in [5, 5.41) is 6.48. The number of aryl methyl sites for hydroxylation is 3. The molecule has 0 fully saturated rings. The van der Waals surface area contributed by atoms with Crippen LogP contribution in [0.1, 0.15) is 22.5 Å². The lowest BCUT2D eigenvalue weighted by atomic mass is 10.1. The molecule has 1 amide bonds. The molecule has 0 radical (unpaired) electrons. The summed E-state index contributed by atoms with van der Waals surface area (Å²) < 4.78 is 5.69. The highest BCUT2D eigenvalue weighted by atomic mass is 16.5. The van der Waals surface area contributed by atoms with E-state index in [0.717, 1.165) is 16.9 Å². The van der Waals surface area contributed by atoms with Crippen molar-refractivity contribution in [1.29, 1.82) is 0 Å². The summed E-state index contributed by atoms with van der Waals surface area (Å²) in [7, 11) is 1.71. The van der Waals surface area contributed by atoms with Gasteiger partial charge < -0.3 is 9.64 Å². The number of benzene rings is 1. The molecule has 0 spiro atoms. The molecule has 112 valence electrons. The van der Waals surface area contributed by atoms with E-state index in [4.69, 9.17) is 4.74 Å². The summed E-state index contributed by atoms with van der Waals surface area (Å²) in [4.78, 5) is 17.6. The van der Waals surface area contributed by atoms with Crippen LogP contribution in [0.5, 0.6) is 5.75 Å². The van der Waals surface area contributed by atoms with E-state index >= 15 is 0 Å². The van der Waals surface area contributed by atoms with E-state index < -0.39 is 0 Å². The number of aromatic amines is 1. The SMILES string of the molecule is Cc1cc(C)c(OCC(=O)N(C)Cc2ncn[nH]2)c(C)c1. The molecule has 21 heavy (non-hydrogen) atoms. The molecule has 0 bridgehead atoms. The van der Waals surface area contributed by atoms with Crippen molar-refractivity contribution in [1.82, 2.24) is 20.1 Å². The van der Waals surface area contributed by atoms with Gasteiger partial charge in [0.2, 0.25) is 0 Å². The first-order valence-corrected chi connectivity index (χ1v) is 6.76. The van der Waals surface area contributed by atoms with Crippen LogP contribution in [0.2, 0.25) is 0 Å². The van der Waals surface area contributed by atoms with Gasteiger partial charge in [-0.3, -0.25) is 9.89 Å². The highest BCUT2D eigenvalue weighted by molar-refractivity contribution is 5.77. The van der Waals surface area contributed by atoms with Crippen molar-refractivity contribution in [2.24, 2.45) is 0 Å². The van der Waals surface area contributed by atoms with Gasteiger partial charge >= 0.3 is 0 Å². The summed E-state index contributed by atoms with van der Waals surface area (Å²) in [6.45, 7) is 6.40. The molecule has 1 aromatic heterocycles. The van der Waals surface area contributed by atoms with Gasteiger partial charge in [-0.1, -0.05) is 17.7 Å². The number of rotatable bonds is 5. The minimum Gasteiger partial charge on any atom is -0.483 e. The van der Waals surface area contributed by atoms with E-state index in [-0.39, 0.29) is 12.5 Å². The maximum atomic E-state index is 12.1. The quantitative estimate of drug-likeness (QED) is 0.910. The van der Waals surface area contributed by atoms with Crippen molar-refractivity contribution in [2.75, 3.05) is 13.7 Å². The highest BCUT2D eigenvalue weighted by Gasteiger charge is 2.13. The number of carbonyl (C=O) groups excluding carboxylic acids is 1. The Bertz CT molecular complexity index is 600. The van der Waals surface area contributed by atoms with Gasteiger partial charge in [-0.15, -0.1) is 0 Å². The zero-order valence-electron chi connectivity index (χ0n) is 12.8. The summed E-state index contributed by atoms with van der Waals surface area (Å²) in [6.07, 6.45) is 1.42. The summed E-state index contributed by atoms with van der Waals surface area (Å²) >= 11 is 0. The molecule has 1 aromatic carbocycles. The minimum absolute atomic E-state index is 0.00930. The third-order valence-corrected chi connectivity index (χ3v) is 3.22. The molecule has 0 unspecified atom stereocenters. The summed E-state index contributed by atoms with van der Waals surface area (Å²) in [5.74, 6) is 1.32. The summed E-state index contributed by atoms with van der Waals surface area (Å²) in [5.41, 5.74) is 3.27. The third-order valence-electron chi connectivity index (χ3n) is 3.22. The first-order chi connectivity index (χ1) is 9.97. The maximum Gasteiger partial charge on any atom is 0.260 e. The van der Waals surface area contributed by atoms with Crippen molar-refractivity contribution >= 4 is 5.91 Å². The van der Waals surface area contributed by atoms with Crippen LogP contribution < -0.4 is 4.74 Å². The molecule has 6 nitrogen and oxygen atoms in total. The fourth-order valence-corrected chi connectivity index (χ4v) is 2.26. The number of aromatic nitrogens is 3. The van der Waals surface area contributed by atoms with E-state index in [2.05, 4.69) is 15.2 Å². The molecule has 0 saturated heterocycles. The topological polar surface area (TPSA) is 71.1 Å². The Labute approximate surface area is 124 Å². The number of carbonyl (C=O) groups is 1. The van der Waals surface area contributed by atoms with E-state index in [0.29, 0.717) is 12.4 Å². The Kier molecular flexibility index (Phi) is 4.57.